The van der Waals surface area contributed by atoms with Crippen molar-refractivity contribution in [3.05, 3.63) is 59.0 Å². The van der Waals surface area contributed by atoms with Crippen LogP contribution in [0.4, 0.5) is 0 Å². The van der Waals surface area contributed by atoms with Crippen LogP contribution < -0.4 is 5.73 Å². The van der Waals surface area contributed by atoms with Crippen molar-refractivity contribution in [1.82, 2.24) is 0 Å². The monoisotopic (exact) mass is 289 g/mol. The normalized spacial score (nSPS) is 14.2. The predicted octanol–water partition coefficient (Wildman–Crippen LogP) is 4.61. The molecule has 2 rings (SSSR count). The maximum absolute atomic E-state index is 6.28. The lowest BCUT2D eigenvalue weighted by molar-refractivity contribution is 0.454. The minimum absolute atomic E-state index is 0.120. The first-order valence-electron chi connectivity index (χ1n) is 7.09. The topological polar surface area (TPSA) is 39.2 Å². The standard InChI is InChI=1S/C17H23NOS/c1-4-15(18)17(16-10-9-13(3)19-16)20-11-14-8-6-5-7-12(14)2/h5-10,15,17H,4,11,18H2,1-3H3. The molecule has 1 heterocycles. The summed E-state index contributed by atoms with van der Waals surface area (Å²) in [6.07, 6.45) is 0.950. The van der Waals surface area contributed by atoms with Crippen LogP contribution in [0, 0.1) is 13.8 Å². The maximum Gasteiger partial charge on any atom is 0.118 e. The van der Waals surface area contributed by atoms with Gasteiger partial charge in [0.05, 0.1) is 5.25 Å². The van der Waals surface area contributed by atoms with Gasteiger partial charge in [-0.05, 0) is 43.5 Å². The third-order valence-electron chi connectivity index (χ3n) is 3.58. The van der Waals surface area contributed by atoms with Crippen LogP contribution >= 0.6 is 11.8 Å². The van der Waals surface area contributed by atoms with E-state index < -0.39 is 0 Å². The molecule has 20 heavy (non-hydrogen) atoms. The molecule has 0 saturated heterocycles. The third-order valence-corrected chi connectivity index (χ3v) is 5.00. The van der Waals surface area contributed by atoms with E-state index in [1.165, 1.54) is 11.1 Å². The number of hydrogen-bond acceptors (Lipinski definition) is 3. The van der Waals surface area contributed by atoms with Crippen molar-refractivity contribution in [2.45, 2.75) is 44.2 Å². The van der Waals surface area contributed by atoms with Gasteiger partial charge in [0.25, 0.3) is 0 Å². The van der Waals surface area contributed by atoms with Crippen LogP contribution in [0.3, 0.4) is 0 Å². The molecular weight excluding hydrogens is 266 g/mol. The molecule has 2 atom stereocenters. The molecule has 0 saturated carbocycles. The Morgan fingerprint density at radius 3 is 2.50 bits per heavy atom. The first-order valence-corrected chi connectivity index (χ1v) is 8.14. The highest BCUT2D eigenvalue weighted by molar-refractivity contribution is 7.98. The fraction of sp³-hybridized carbons (Fsp3) is 0.412. The number of thioether (sulfide) groups is 1. The van der Waals surface area contributed by atoms with Gasteiger partial charge in [0.15, 0.2) is 0 Å². The van der Waals surface area contributed by atoms with Crippen LogP contribution in [0.5, 0.6) is 0 Å². The van der Waals surface area contributed by atoms with E-state index in [9.17, 15) is 0 Å². The molecule has 0 fully saturated rings. The van der Waals surface area contributed by atoms with Crippen molar-refractivity contribution >= 4 is 11.8 Å². The van der Waals surface area contributed by atoms with Crippen LogP contribution in [0.25, 0.3) is 0 Å². The second-order valence-electron chi connectivity index (χ2n) is 5.18. The molecular formula is C17H23NOS. The average molecular weight is 289 g/mol. The van der Waals surface area contributed by atoms with Gasteiger partial charge in [-0.15, -0.1) is 11.8 Å². The number of rotatable bonds is 6. The predicted molar refractivity (Wildman–Crippen MR) is 86.9 cm³/mol. The van der Waals surface area contributed by atoms with Crippen LogP contribution in [-0.2, 0) is 5.75 Å². The maximum atomic E-state index is 6.28. The highest BCUT2D eigenvalue weighted by Gasteiger charge is 2.22. The SMILES string of the molecule is CCC(N)C(SCc1ccccc1C)c1ccc(C)o1. The summed E-state index contributed by atoms with van der Waals surface area (Å²) in [5, 5.41) is 0.216. The van der Waals surface area contributed by atoms with Crippen molar-refractivity contribution < 1.29 is 4.42 Å². The summed E-state index contributed by atoms with van der Waals surface area (Å²) in [6, 6.07) is 12.7. The van der Waals surface area contributed by atoms with Gasteiger partial charge >= 0.3 is 0 Å². The molecule has 2 N–H and O–H groups in total. The van der Waals surface area contributed by atoms with Gasteiger partial charge < -0.3 is 10.2 Å². The number of furan rings is 1. The zero-order valence-electron chi connectivity index (χ0n) is 12.4. The second-order valence-corrected chi connectivity index (χ2v) is 6.31. The second kappa shape index (κ2) is 7.00. The number of hydrogen-bond donors (Lipinski definition) is 1. The van der Waals surface area contributed by atoms with Crippen molar-refractivity contribution in [3.8, 4) is 0 Å². The minimum Gasteiger partial charge on any atom is -0.465 e. The van der Waals surface area contributed by atoms with Crippen molar-refractivity contribution in [2.75, 3.05) is 0 Å². The summed E-state index contributed by atoms with van der Waals surface area (Å²) < 4.78 is 5.79. The Morgan fingerprint density at radius 2 is 1.90 bits per heavy atom. The van der Waals surface area contributed by atoms with Crippen LogP contribution in [-0.4, -0.2) is 6.04 Å². The summed E-state index contributed by atoms with van der Waals surface area (Å²) in [5.74, 6) is 2.91. The van der Waals surface area contributed by atoms with Crippen LogP contribution in [0.15, 0.2) is 40.8 Å². The van der Waals surface area contributed by atoms with Gasteiger partial charge in [-0.2, -0.15) is 0 Å². The molecule has 108 valence electrons. The lowest BCUT2D eigenvalue weighted by Gasteiger charge is -2.21. The van der Waals surface area contributed by atoms with E-state index in [4.69, 9.17) is 10.2 Å². The largest absolute Gasteiger partial charge is 0.465 e. The van der Waals surface area contributed by atoms with E-state index in [2.05, 4.69) is 44.2 Å². The smallest absolute Gasteiger partial charge is 0.118 e. The summed E-state index contributed by atoms with van der Waals surface area (Å²) in [5.41, 5.74) is 8.98. The molecule has 0 radical (unpaired) electrons. The molecule has 1 aromatic heterocycles. The Labute approximate surface area is 125 Å². The summed E-state index contributed by atoms with van der Waals surface area (Å²) >= 11 is 1.87. The molecule has 0 aliphatic heterocycles. The molecule has 1 aromatic carbocycles. The zero-order chi connectivity index (χ0) is 14.5. The first-order chi connectivity index (χ1) is 9.61. The van der Waals surface area contributed by atoms with E-state index in [1.807, 2.05) is 24.8 Å². The Hall–Kier alpha value is -1.19. The average Bonchev–Trinajstić information content (AvgIpc) is 2.87. The van der Waals surface area contributed by atoms with Crippen molar-refractivity contribution in [3.63, 3.8) is 0 Å². The van der Waals surface area contributed by atoms with Gasteiger partial charge in [-0.25, -0.2) is 0 Å². The zero-order valence-corrected chi connectivity index (χ0v) is 13.2. The Morgan fingerprint density at radius 1 is 1.15 bits per heavy atom. The summed E-state index contributed by atoms with van der Waals surface area (Å²) in [7, 11) is 0. The molecule has 0 amide bonds. The Bertz CT molecular complexity index is 549. The van der Waals surface area contributed by atoms with Crippen LogP contribution in [0.2, 0.25) is 0 Å². The Kier molecular flexibility index (Phi) is 5.32. The van der Waals surface area contributed by atoms with E-state index >= 15 is 0 Å². The number of nitrogens with two attached hydrogens (primary N) is 1. The molecule has 2 aromatic rings. The van der Waals surface area contributed by atoms with E-state index in [0.29, 0.717) is 0 Å². The Balaban J connectivity index is 2.11. The molecule has 0 aliphatic carbocycles. The molecule has 0 aliphatic rings. The minimum atomic E-state index is 0.120. The van der Waals surface area contributed by atoms with Gasteiger partial charge in [-0.1, -0.05) is 31.2 Å². The summed E-state index contributed by atoms with van der Waals surface area (Å²) in [4.78, 5) is 0. The highest BCUT2D eigenvalue weighted by atomic mass is 32.2. The quantitative estimate of drug-likeness (QED) is 0.844. The lowest BCUT2D eigenvalue weighted by atomic mass is 10.1. The molecule has 0 bridgehead atoms. The number of benzene rings is 1. The van der Waals surface area contributed by atoms with Crippen LogP contribution in [0.1, 0.15) is 41.2 Å². The van der Waals surface area contributed by atoms with Gasteiger partial charge in [0.2, 0.25) is 0 Å². The van der Waals surface area contributed by atoms with Crippen molar-refractivity contribution in [1.29, 1.82) is 0 Å². The highest BCUT2D eigenvalue weighted by Crippen LogP contribution is 2.36. The van der Waals surface area contributed by atoms with E-state index in [1.54, 1.807) is 0 Å². The lowest BCUT2D eigenvalue weighted by Crippen LogP contribution is -2.25. The first kappa shape index (κ1) is 15.2. The fourth-order valence-electron chi connectivity index (χ4n) is 2.19. The van der Waals surface area contributed by atoms with Gasteiger partial charge in [0, 0.05) is 11.8 Å². The molecule has 2 unspecified atom stereocenters. The number of aryl methyl sites for hydroxylation is 2. The van der Waals surface area contributed by atoms with Crippen molar-refractivity contribution in [2.24, 2.45) is 5.73 Å². The fourth-order valence-corrected chi connectivity index (χ4v) is 3.60. The van der Waals surface area contributed by atoms with Gasteiger partial charge in [0.1, 0.15) is 11.5 Å². The molecule has 0 spiro atoms. The van der Waals surface area contributed by atoms with E-state index in [-0.39, 0.29) is 11.3 Å². The van der Waals surface area contributed by atoms with Gasteiger partial charge in [-0.3, -0.25) is 0 Å². The van der Waals surface area contributed by atoms with E-state index in [0.717, 1.165) is 23.7 Å². The molecule has 3 heteroatoms. The summed E-state index contributed by atoms with van der Waals surface area (Å²) in [6.45, 7) is 6.26. The molecule has 2 nitrogen and oxygen atoms in total. The third kappa shape index (κ3) is 3.68.